The van der Waals surface area contributed by atoms with E-state index in [0.717, 1.165) is 24.3 Å². The fraction of sp³-hybridized carbons (Fsp3) is 0.600. The number of halogens is 3. The number of anilines is 2. The highest BCUT2D eigenvalue weighted by atomic mass is 32.2. The van der Waals surface area contributed by atoms with Crippen molar-refractivity contribution in [3.05, 3.63) is 11.9 Å². The molecule has 0 aliphatic carbocycles. The maximum Gasteiger partial charge on any atom is 0.451 e. The van der Waals surface area contributed by atoms with Crippen LogP contribution >= 0.6 is 11.8 Å². The quantitative estimate of drug-likeness (QED) is 0.869. The number of alkyl halides is 3. The van der Waals surface area contributed by atoms with Crippen LogP contribution in [0.5, 0.6) is 0 Å². The van der Waals surface area contributed by atoms with E-state index in [1.807, 2.05) is 0 Å². The lowest BCUT2D eigenvalue weighted by molar-refractivity contribution is -0.144. The van der Waals surface area contributed by atoms with E-state index in [4.69, 9.17) is 5.73 Å². The minimum atomic E-state index is -4.58. The Hall–Kier alpha value is -1.18. The summed E-state index contributed by atoms with van der Waals surface area (Å²) in [5.41, 5.74) is 5.36. The standard InChI is InChI=1S/C10H13F3N4S/c11-10(12,13)9-16-7(14)4-8(17-9)15-6-2-1-3-18-5-6/h4,6H,1-3,5H2,(H3,14,15,16,17). The van der Waals surface area contributed by atoms with E-state index < -0.39 is 12.0 Å². The van der Waals surface area contributed by atoms with Gasteiger partial charge in [-0.1, -0.05) is 0 Å². The maximum absolute atomic E-state index is 12.5. The summed E-state index contributed by atoms with van der Waals surface area (Å²) in [6.45, 7) is 0. The van der Waals surface area contributed by atoms with Crippen LogP contribution in [-0.2, 0) is 6.18 Å². The third-order valence-corrected chi connectivity index (χ3v) is 3.73. The molecular weight excluding hydrogens is 265 g/mol. The van der Waals surface area contributed by atoms with Crippen LogP contribution in [0.15, 0.2) is 6.07 Å². The number of nitrogen functional groups attached to an aromatic ring is 1. The number of hydrogen-bond acceptors (Lipinski definition) is 5. The molecule has 0 saturated carbocycles. The molecule has 8 heteroatoms. The van der Waals surface area contributed by atoms with Gasteiger partial charge in [0.2, 0.25) is 5.82 Å². The van der Waals surface area contributed by atoms with Crippen molar-refractivity contribution in [2.45, 2.75) is 25.1 Å². The second-order valence-electron chi connectivity index (χ2n) is 4.06. The molecule has 1 aromatic rings. The SMILES string of the molecule is Nc1cc(NC2CCCSC2)nc(C(F)(F)F)n1. The van der Waals surface area contributed by atoms with Crippen molar-refractivity contribution in [3.63, 3.8) is 0 Å². The Morgan fingerprint density at radius 3 is 2.78 bits per heavy atom. The second-order valence-corrected chi connectivity index (χ2v) is 5.21. The summed E-state index contributed by atoms with van der Waals surface area (Å²) in [7, 11) is 0. The van der Waals surface area contributed by atoms with Gasteiger partial charge in [0.05, 0.1) is 0 Å². The number of thioether (sulfide) groups is 1. The molecule has 1 aliphatic rings. The third-order valence-electron chi connectivity index (χ3n) is 2.51. The lowest BCUT2D eigenvalue weighted by atomic mass is 10.2. The molecule has 0 bridgehead atoms. The topological polar surface area (TPSA) is 63.8 Å². The Kier molecular flexibility index (Phi) is 3.84. The molecule has 1 aliphatic heterocycles. The van der Waals surface area contributed by atoms with E-state index in [-0.39, 0.29) is 17.7 Å². The smallest absolute Gasteiger partial charge is 0.384 e. The second kappa shape index (κ2) is 5.21. The number of nitrogens with two attached hydrogens (primary N) is 1. The average molecular weight is 278 g/mol. The van der Waals surface area contributed by atoms with Crippen LogP contribution in [0.4, 0.5) is 24.8 Å². The van der Waals surface area contributed by atoms with Gasteiger partial charge in [-0.2, -0.15) is 24.9 Å². The van der Waals surface area contributed by atoms with Gasteiger partial charge in [-0.05, 0) is 18.6 Å². The summed E-state index contributed by atoms with van der Waals surface area (Å²) in [5, 5.41) is 2.98. The summed E-state index contributed by atoms with van der Waals surface area (Å²) in [6.07, 6.45) is -2.60. The number of nitrogens with one attached hydrogen (secondary N) is 1. The first-order chi connectivity index (χ1) is 8.45. The molecule has 4 nitrogen and oxygen atoms in total. The molecule has 1 atom stereocenters. The maximum atomic E-state index is 12.5. The largest absolute Gasteiger partial charge is 0.451 e. The highest BCUT2D eigenvalue weighted by Crippen LogP contribution is 2.28. The molecule has 18 heavy (non-hydrogen) atoms. The van der Waals surface area contributed by atoms with Crippen LogP contribution in [-0.4, -0.2) is 27.5 Å². The molecule has 2 heterocycles. The van der Waals surface area contributed by atoms with Crippen LogP contribution in [0.1, 0.15) is 18.7 Å². The van der Waals surface area contributed by atoms with E-state index in [1.165, 1.54) is 6.07 Å². The van der Waals surface area contributed by atoms with Crippen molar-refractivity contribution in [1.82, 2.24) is 9.97 Å². The first-order valence-corrected chi connectivity index (χ1v) is 6.66. The number of rotatable bonds is 2. The summed E-state index contributed by atoms with van der Waals surface area (Å²) < 4.78 is 37.5. The lowest BCUT2D eigenvalue weighted by Crippen LogP contribution is -2.27. The number of nitrogens with zero attached hydrogens (tertiary/aromatic N) is 2. The Morgan fingerprint density at radius 1 is 1.39 bits per heavy atom. The first-order valence-electron chi connectivity index (χ1n) is 5.51. The minimum absolute atomic E-state index is 0.138. The molecule has 2 rings (SSSR count). The fourth-order valence-corrected chi connectivity index (χ4v) is 2.80. The van der Waals surface area contributed by atoms with E-state index >= 15 is 0 Å². The lowest BCUT2D eigenvalue weighted by Gasteiger charge is -2.23. The van der Waals surface area contributed by atoms with E-state index in [0.29, 0.717) is 0 Å². The Bertz CT molecular complexity index is 418. The van der Waals surface area contributed by atoms with Gasteiger partial charge in [0.1, 0.15) is 11.6 Å². The Balaban J connectivity index is 2.14. The van der Waals surface area contributed by atoms with Crippen LogP contribution < -0.4 is 11.1 Å². The molecule has 1 unspecified atom stereocenters. The fourth-order valence-electron chi connectivity index (χ4n) is 1.73. The molecule has 3 N–H and O–H groups in total. The van der Waals surface area contributed by atoms with Gasteiger partial charge in [-0.25, -0.2) is 9.97 Å². The average Bonchev–Trinajstić information content (AvgIpc) is 2.28. The third kappa shape index (κ3) is 3.41. The summed E-state index contributed by atoms with van der Waals surface area (Å²) >= 11 is 1.78. The highest BCUT2D eigenvalue weighted by Gasteiger charge is 2.35. The number of aromatic nitrogens is 2. The van der Waals surface area contributed by atoms with Crippen molar-refractivity contribution in [3.8, 4) is 0 Å². The minimum Gasteiger partial charge on any atom is -0.384 e. The van der Waals surface area contributed by atoms with Gasteiger partial charge < -0.3 is 11.1 Å². The zero-order valence-corrected chi connectivity index (χ0v) is 10.3. The van der Waals surface area contributed by atoms with Crippen LogP contribution in [0.25, 0.3) is 0 Å². The van der Waals surface area contributed by atoms with E-state index in [9.17, 15) is 13.2 Å². The van der Waals surface area contributed by atoms with Gasteiger partial charge in [-0.15, -0.1) is 0 Å². The number of hydrogen-bond donors (Lipinski definition) is 2. The zero-order chi connectivity index (χ0) is 13.2. The van der Waals surface area contributed by atoms with Gasteiger partial charge in [0, 0.05) is 17.9 Å². The summed E-state index contributed by atoms with van der Waals surface area (Å²) in [4.78, 5) is 6.66. The van der Waals surface area contributed by atoms with Gasteiger partial charge >= 0.3 is 6.18 Å². The molecule has 1 saturated heterocycles. The van der Waals surface area contributed by atoms with Crippen molar-refractivity contribution in [2.24, 2.45) is 0 Å². The van der Waals surface area contributed by atoms with Crippen molar-refractivity contribution < 1.29 is 13.2 Å². The normalized spacial score (nSPS) is 20.7. The van der Waals surface area contributed by atoms with E-state index in [1.54, 1.807) is 11.8 Å². The van der Waals surface area contributed by atoms with Crippen LogP contribution in [0.3, 0.4) is 0 Å². The van der Waals surface area contributed by atoms with Crippen molar-refractivity contribution in [1.29, 1.82) is 0 Å². The van der Waals surface area contributed by atoms with Gasteiger partial charge in [-0.3, -0.25) is 0 Å². The van der Waals surface area contributed by atoms with Crippen LogP contribution in [0.2, 0.25) is 0 Å². The van der Waals surface area contributed by atoms with Crippen LogP contribution in [0, 0.1) is 0 Å². The molecule has 100 valence electrons. The molecule has 0 amide bonds. The zero-order valence-electron chi connectivity index (χ0n) is 9.50. The Labute approximate surface area is 107 Å². The molecule has 0 aromatic carbocycles. The predicted molar refractivity (Wildman–Crippen MR) is 65.4 cm³/mol. The monoisotopic (exact) mass is 278 g/mol. The predicted octanol–water partition coefficient (Wildman–Crippen LogP) is 2.39. The molecule has 0 radical (unpaired) electrons. The van der Waals surface area contributed by atoms with Gasteiger partial charge in [0.25, 0.3) is 0 Å². The molecular formula is C10H13F3N4S. The first kappa shape index (κ1) is 13.3. The molecule has 1 fully saturated rings. The summed E-state index contributed by atoms with van der Waals surface area (Å²) in [5.74, 6) is 0.724. The Morgan fingerprint density at radius 2 is 2.17 bits per heavy atom. The van der Waals surface area contributed by atoms with Crippen molar-refractivity contribution >= 4 is 23.4 Å². The van der Waals surface area contributed by atoms with Gasteiger partial charge in [0.15, 0.2) is 0 Å². The molecule has 1 aromatic heterocycles. The van der Waals surface area contributed by atoms with Crippen molar-refractivity contribution in [2.75, 3.05) is 22.6 Å². The summed E-state index contributed by atoms with van der Waals surface area (Å²) in [6, 6.07) is 1.47. The van der Waals surface area contributed by atoms with E-state index in [2.05, 4.69) is 15.3 Å². The highest BCUT2D eigenvalue weighted by molar-refractivity contribution is 7.99. The molecule has 0 spiro atoms.